The lowest BCUT2D eigenvalue weighted by atomic mass is 10.1. The Morgan fingerprint density at radius 1 is 1.00 bits per heavy atom. The van der Waals surface area contributed by atoms with Gasteiger partial charge in [-0.15, -0.1) is 13.2 Å². The molecule has 0 radical (unpaired) electrons. The molecule has 1 aliphatic rings. The quantitative estimate of drug-likeness (QED) is 0.836. The lowest BCUT2D eigenvalue weighted by Gasteiger charge is -2.34. The molecule has 0 atom stereocenters. The summed E-state index contributed by atoms with van der Waals surface area (Å²) < 4.78 is 40.8. The van der Waals surface area contributed by atoms with E-state index in [4.69, 9.17) is 0 Å². The monoisotopic (exact) mass is 393 g/mol. The highest BCUT2D eigenvalue weighted by atomic mass is 19.4. The highest BCUT2D eigenvalue weighted by molar-refractivity contribution is 5.89. The number of amides is 2. The average Bonchev–Trinajstić information content (AvgIpc) is 2.66. The fraction of sp³-hybridized carbons (Fsp3) is 0.350. The lowest BCUT2D eigenvalue weighted by molar-refractivity contribution is -0.274. The molecule has 0 saturated carbocycles. The second-order valence-electron chi connectivity index (χ2n) is 6.57. The summed E-state index contributed by atoms with van der Waals surface area (Å²) in [6.07, 6.45) is -3.81. The molecule has 3 rings (SSSR count). The number of hydrogen-bond donors (Lipinski definition) is 1. The van der Waals surface area contributed by atoms with Crippen LogP contribution in [0.1, 0.15) is 5.56 Å². The van der Waals surface area contributed by atoms with E-state index in [0.717, 1.165) is 32.1 Å². The van der Waals surface area contributed by atoms with E-state index < -0.39 is 6.36 Å². The molecule has 1 aliphatic heterocycles. The zero-order valence-corrected chi connectivity index (χ0v) is 15.3. The van der Waals surface area contributed by atoms with Crippen LogP contribution in [0.25, 0.3) is 0 Å². The third kappa shape index (κ3) is 6.16. The first-order chi connectivity index (χ1) is 13.4. The van der Waals surface area contributed by atoms with Gasteiger partial charge >= 0.3 is 12.4 Å². The van der Waals surface area contributed by atoms with Gasteiger partial charge in [-0.25, -0.2) is 4.79 Å². The third-order valence-corrected chi connectivity index (χ3v) is 4.54. The van der Waals surface area contributed by atoms with Crippen molar-refractivity contribution in [2.75, 3.05) is 38.0 Å². The van der Waals surface area contributed by atoms with Gasteiger partial charge in [-0.3, -0.25) is 4.90 Å². The van der Waals surface area contributed by atoms with Crippen molar-refractivity contribution in [3.63, 3.8) is 0 Å². The zero-order chi connectivity index (χ0) is 20.0. The first kappa shape index (κ1) is 20.0. The number of carbonyl (C=O) groups is 1. The van der Waals surface area contributed by atoms with Crippen LogP contribution < -0.4 is 10.1 Å². The number of alkyl halides is 3. The van der Waals surface area contributed by atoms with Gasteiger partial charge in [0.2, 0.25) is 0 Å². The molecule has 1 saturated heterocycles. The SMILES string of the molecule is O=C(Nc1cccc(OC(F)(F)F)c1)N1CCN(CCc2ccccc2)CC1. The van der Waals surface area contributed by atoms with Crippen molar-refractivity contribution in [1.82, 2.24) is 9.80 Å². The standard InChI is InChI=1S/C20H22F3N3O2/c21-20(22,23)28-18-8-4-7-17(15-18)24-19(27)26-13-11-25(12-14-26)10-9-16-5-2-1-3-6-16/h1-8,15H,9-14H2,(H,24,27). The number of carbonyl (C=O) groups excluding carboxylic acids is 1. The number of piperazine rings is 1. The minimum atomic E-state index is -4.77. The van der Waals surface area contributed by atoms with E-state index in [9.17, 15) is 18.0 Å². The minimum Gasteiger partial charge on any atom is -0.406 e. The van der Waals surface area contributed by atoms with Crippen LogP contribution in [0.3, 0.4) is 0 Å². The molecule has 0 aromatic heterocycles. The summed E-state index contributed by atoms with van der Waals surface area (Å²) in [5.74, 6) is -0.365. The van der Waals surface area contributed by atoms with Gasteiger partial charge in [0.1, 0.15) is 5.75 Å². The predicted molar refractivity (Wildman–Crippen MR) is 100 cm³/mol. The van der Waals surface area contributed by atoms with Crippen LogP contribution in [0.5, 0.6) is 5.75 Å². The normalized spacial score (nSPS) is 15.3. The number of halogens is 3. The van der Waals surface area contributed by atoms with Crippen LogP contribution in [0.15, 0.2) is 54.6 Å². The number of anilines is 1. The fourth-order valence-electron chi connectivity index (χ4n) is 3.08. The fourth-order valence-corrected chi connectivity index (χ4v) is 3.08. The smallest absolute Gasteiger partial charge is 0.406 e. The van der Waals surface area contributed by atoms with Gasteiger partial charge in [0, 0.05) is 44.5 Å². The zero-order valence-electron chi connectivity index (χ0n) is 15.3. The molecule has 0 bridgehead atoms. The average molecular weight is 393 g/mol. The van der Waals surface area contributed by atoms with E-state index >= 15 is 0 Å². The summed E-state index contributed by atoms with van der Waals surface area (Å²) in [5.41, 5.74) is 1.54. The molecule has 0 unspecified atom stereocenters. The van der Waals surface area contributed by atoms with Crippen molar-refractivity contribution >= 4 is 11.7 Å². The molecular formula is C20H22F3N3O2. The Kier molecular flexibility index (Phi) is 6.41. The van der Waals surface area contributed by atoms with Gasteiger partial charge in [-0.1, -0.05) is 36.4 Å². The molecule has 0 aliphatic carbocycles. The van der Waals surface area contributed by atoms with Crippen LogP contribution in [0, 0.1) is 0 Å². The Labute approximate surface area is 161 Å². The summed E-state index contributed by atoms with van der Waals surface area (Å²) in [6.45, 7) is 3.59. The van der Waals surface area contributed by atoms with Crippen LogP contribution in [-0.4, -0.2) is 54.9 Å². The van der Waals surface area contributed by atoms with E-state index in [0.29, 0.717) is 13.1 Å². The molecule has 28 heavy (non-hydrogen) atoms. The minimum absolute atomic E-state index is 0.262. The number of urea groups is 1. The predicted octanol–water partition coefficient (Wildman–Crippen LogP) is 3.98. The van der Waals surface area contributed by atoms with E-state index in [1.165, 1.54) is 23.8 Å². The topological polar surface area (TPSA) is 44.8 Å². The van der Waals surface area contributed by atoms with Crippen molar-refractivity contribution < 1.29 is 22.7 Å². The summed E-state index contributed by atoms with van der Waals surface area (Å²) in [4.78, 5) is 16.3. The van der Waals surface area contributed by atoms with Gasteiger partial charge in [0.15, 0.2) is 0 Å². The first-order valence-corrected chi connectivity index (χ1v) is 9.07. The second kappa shape index (κ2) is 8.97. The number of nitrogens with one attached hydrogen (secondary N) is 1. The van der Waals surface area contributed by atoms with Crippen molar-refractivity contribution in [1.29, 1.82) is 0 Å². The van der Waals surface area contributed by atoms with Crippen molar-refractivity contribution in [3.8, 4) is 5.75 Å². The van der Waals surface area contributed by atoms with Crippen LogP contribution in [-0.2, 0) is 6.42 Å². The van der Waals surface area contributed by atoms with E-state index in [-0.39, 0.29) is 17.5 Å². The lowest BCUT2D eigenvalue weighted by Crippen LogP contribution is -2.50. The highest BCUT2D eigenvalue weighted by Gasteiger charge is 2.31. The van der Waals surface area contributed by atoms with E-state index in [1.54, 1.807) is 4.90 Å². The molecule has 1 fully saturated rings. The Balaban J connectivity index is 1.45. The molecular weight excluding hydrogens is 371 g/mol. The number of rotatable bonds is 5. The van der Waals surface area contributed by atoms with Gasteiger partial charge in [0.05, 0.1) is 0 Å². The number of nitrogens with zero attached hydrogens (tertiary/aromatic N) is 2. The van der Waals surface area contributed by atoms with Crippen LogP contribution in [0.2, 0.25) is 0 Å². The van der Waals surface area contributed by atoms with Crippen molar-refractivity contribution in [2.45, 2.75) is 12.8 Å². The second-order valence-corrected chi connectivity index (χ2v) is 6.57. The maximum Gasteiger partial charge on any atom is 0.573 e. The van der Waals surface area contributed by atoms with Crippen LogP contribution in [0.4, 0.5) is 23.7 Å². The molecule has 1 heterocycles. The maximum absolute atomic E-state index is 12.4. The Bertz CT molecular complexity index is 776. The molecule has 150 valence electrons. The summed E-state index contributed by atoms with van der Waals surface area (Å²) in [7, 11) is 0. The Hall–Kier alpha value is -2.74. The molecule has 8 heteroatoms. The van der Waals surface area contributed by atoms with E-state index in [2.05, 4.69) is 27.1 Å². The maximum atomic E-state index is 12.4. The molecule has 2 aromatic carbocycles. The summed E-state index contributed by atoms with van der Waals surface area (Å²) in [6, 6.07) is 15.2. The molecule has 1 N–H and O–H groups in total. The number of benzene rings is 2. The largest absolute Gasteiger partial charge is 0.573 e. The molecule has 2 amide bonds. The first-order valence-electron chi connectivity index (χ1n) is 9.07. The highest BCUT2D eigenvalue weighted by Crippen LogP contribution is 2.25. The van der Waals surface area contributed by atoms with E-state index in [1.807, 2.05) is 18.2 Å². The third-order valence-electron chi connectivity index (χ3n) is 4.54. The van der Waals surface area contributed by atoms with Crippen molar-refractivity contribution in [2.24, 2.45) is 0 Å². The number of ether oxygens (including phenoxy) is 1. The van der Waals surface area contributed by atoms with Crippen molar-refractivity contribution in [3.05, 3.63) is 60.2 Å². The van der Waals surface area contributed by atoms with Gasteiger partial charge < -0.3 is 15.0 Å². The summed E-state index contributed by atoms with van der Waals surface area (Å²) in [5, 5.41) is 2.63. The summed E-state index contributed by atoms with van der Waals surface area (Å²) >= 11 is 0. The van der Waals surface area contributed by atoms with Gasteiger partial charge in [-0.05, 0) is 24.1 Å². The van der Waals surface area contributed by atoms with Crippen LogP contribution >= 0.6 is 0 Å². The molecule has 5 nitrogen and oxygen atoms in total. The number of hydrogen-bond acceptors (Lipinski definition) is 3. The molecule has 2 aromatic rings. The molecule has 0 spiro atoms. The Morgan fingerprint density at radius 3 is 2.39 bits per heavy atom. The Morgan fingerprint density at radius 2 is 1.71 bits per heavy atom. The van der Waals surface area contributed by atoms with Gasteiger partial charge in [-0.2, -0.15) is 0 Å². The van der Waals surface area contributed by atoms with Gasteiger partial charge in [0.25, 0.3) is 0 Å².